The molecule has 17 nitrogen and oxygen atoms in total. The Bertz CT molecular complexity index is 1390. The predicted molar refractivity (Wildman–Crippen MR) is 166 cm³/mol. The third-order valence-corrected chi connectivity index (χ3v) is 8.04. The van der Waals surface area contributed by atoms with Crippen LogP contribution >= 0.6 is 11.8 Å². The van der Waals surface area contributed by atoms with Gasteiger partial charge in [0.2, 0.25) is 0 Å². The van der Waals surface area contributed by atoms with Crippen LogP contribution in [0.2, 0.25) is 0 Å². The van der Waals surface area contributed by atoms with E-state index in [2.05, 4.69) is 0 Å². The smallest absolute Gasteiger partial charge is 0.303 e. The lowest BCUT2D eigenvalue weighted by atomic mass is 9.96. The van der Waals surface area contributed by atoms with Crippen molar-refractivity contribution in [3.8, 4) is 0 Å². The van der Waals surface area contributed by atoms with E-state index in [9.17, 15) is 33.6 Å². The van der Waals surface area contributed by atoms with E-state index in [0.29, 0.717) is 4.90 Å². The van der Waals surface area contributed by atoms with E-state index in [1.54, 1.807) is 30.3 Å². The summed E-state index contributed by atoms with van der Waals surface area (Å²) in [6, 6.07) is 8.85. The lowest BCUT2D eigenvalue weighted by Crippen LogP contribution is -2.66. The van der Waals surface area contributed by atoms with Crippen LogP contribution in [0.3, 0.4) is 0 Å². The summed E-state index contributed by atoms with van der Waals surface area (Å²) in [5.74, 6) is -5.63. The first-order valence-corrected chi connectivity index (χ1v) is 16.2. The topological polar surface area (TPSA) is 212 Å². The molecule has 0 radical (unpaired) electrons. The number of carbonyl (C=O) groups excluding carboxylic acids is 7. The second-order valence-corrected chi connectivity index (χ2v) is 12.3. The van der Waals surface area contributed by atoms with Gasteiger partial charge in [0.1, 0.15) is 37.0 Å². The van der Waals surface area contributed by atoms with Gasteiger partial charge in [-0.25, -0.2) is 0 Å². The van der Waals surface area contributed by atoms with Crippen LogP contribution in [-0.2, 0) is 80.9 Å². The zero-order chi connectivity index (χ0) is 37.1. The molecule has 1 aromatic carbocycles. The summed E-state index contributed by atoms with van der Waals surface area (Å²) in [6.45, 7) is 6.66. The second kappa shape index (κ2) is 18.7. The molecule has 0 amide bonds. The third-order valence-electron chi connectivity index (χ3n) is 6.88. The molecule has 0 aliphatic carbocycles. The molecule has 18 heteroatoms. The van der Waals surface area contributed by atoms with Crippen LogP contribution in [0.5, 0.6) is 0 Å². The fourth-order valence-corrected chi connectivity index (χ4v) is 6.33. The Hall–Kier alpha value is -4.26. The summed E-state index contributed by atoms with van der Waals surface area (Å²) in [6.07, 6.45) is -13.4. The largest absolute Gasteiger partial charge is 0.463 e. The number of hydrogen-bond acceptors (Lipinski definition) is 18. The van der Waals surface area contributed by atoms with E-state index in [-0.39, 0.29) is 0 Å². The van der Waals surface area contributed by atoms with Gasteiger partial charge in [-0.05, 0) is 12.1 Å². The Balaban J connectivity index is 2.16. The standard InChI is InChI=1S/C32H40O17S/c1-15(33)40-13-23-25(42-17(3)35)27(43-18(4)36)29(45-20(6)38)31(47-23)49-26-24(14-41-16(2)34)48-32(50-22-11-9-8-10-12-22)30(46-21(7)39)28(26)44-19(5)37/h8-12,23-32H,13-14H2,1-7H3/t23?,24?,25-,26+,27?,28?,29?,30?,31-,32-/m0/s1. The minimum Gasteiger partial charge on any atom is -0.463 e. The average Bonchev–Trinajstić information content (AvgIpc) is 3.00. The number of hydrogen-bond donors (Lipinski definition) is 0. The van der Waals surface area contributed by atoms with Crippen molar-refractivity contribution in [3.05, 3.63) is 30.3 Å². The molecular formula is C32H40O17S. The summed E-state index contributed by atoms with van der Waals surface area (Å²) in [4.78, 5) is 86.2. The first-order valence-electron chi connectivity index (χ1n) is 15.4. The van der Waals surface area contributed by atoms with Gasteiger partial charge in [0.15, 0.2) is 36.8 Å². The van der Waals surface area contributed by atoms with Crippen LogP contribution in [0.4, 0.5) is 0 Å². The van der Waals surface area contributed by atoms with Crippen molar-refractivity contribution in [2.75, 3.05) is 13.2 Å². The Morgan fingerprint density at radius 3 is 1.42 bits per heavy atom. The monoisotopic (exact) mass is 728 g/mol. The molecule has 0 spiro atoms. The molecule has 2 saturated heterocycles. The van der Waals surface area contributed by atoms with Crippen molar-refractivity contribution in [2.45, 2.75) is 114 Å². The Morgan fingerprint density at radius 1 is 0.520 bits per heavy atom. The van der Waals surface area contributed by atoms with Crippen LogP contribution in [0.1, 0.15) is 48.5 Å². The van der Waals surface area contributed by atoms with Gasteiger partial charge in [0.25, 0.3) is 0 Å². The van der Waals surface area contributed by atoms with Crippen LogP contribution in [-0.4, -0.2) is 116 Å². The molecule has 2 fully saturated rings. The van der Waals surface area contributed by atoms with Gasteiger partial charge in [-0.3, -0.25) is 33.6 Å². The van der Waals surface area contributed by atoms with Crippen molar-refractivity contribution in [1.29, 1.82) is 0 Å². The van der Waals surface area contributed by atoms with E-state index < -0.39 is 116 Å². The maximum Gasteiger partial charge on any atom is 0.303 e. The molecular weight excluding hydrogens is 688 g/mol. The molecule has 2 aliphatic rings. The highest BCUT2D eigenvalue weighted by Crippen LogP contribution is 2.39. The molecule has 10 atom stereocenters. The van der Waals surface area contributed by atoms with Gasteiger partial charge < -0.3 is 47.4 Å². The van der Waals surface area contributed by atoms with E-state index >= 15 is 0 Å². The highest BCUT2D eigenvalue weighted by atomic mass is 32.2. The Morgan fingerprint density at radius 2 is 0.940 bits per heavy atom. The molecule has 50 heavy (non-hydrogen) atoms. The molecule has 276 valence electrons. The van der Waals surface area contributed by atoms with Crippen LogP contribution in [0.25, 0.3) is 0 Å². The summed E-state index contributed by atoms with van der Waals surface area (Å²) < 4.78 is 56.8. The van der Waals surface area contributed by atoms with Gasteiger partial charge in [0.05, 0.1) is 0 Å². The minimum absolute atomic E-state index is 0.471. The fraction of sp³-hybridized carbons (Fsp3) is 0.594. The van der Waals surface area contributed by atoms with Gasteiger partial charge in [-0.2, -0.15) is 0 Å². The van der Waals surface area contributed by atoms with E-state index in [4.69, 9.17) is 47.4 Å². The maximum absolute atomic E-state index is 12.5. The average molecular weight is 729 g/mol. The summed E-state index contributed by atoms with van der Waals surface area (Å²) in [5, 5.41) is 0. The zero-order valence-electron chi connectivity index (χ0n) is 28.4. The van der Waals surface area contributed by atoms with Crippen LogP contribution in [0, 0.1) is 0 Å². The zero-order valence-corrected chi connectivity index (χ0v) is 29.2. The molecule has 2 heterocycles. The second-order valence-electron chi connectivity index (χ2n) is 11.1. The van der Waals surface area contributed by atoms with Crippen molar-refractivity contribution in [1.82, 2.24) is 0 Å². The van der Waals surface area contributed by atoms with Crippen molar-refractivity contribution >= 4 is 53.5 Å². The molecule has 0 saturated carbocycles. The number of ether oxygens (including phenoxy) is 10. The van der Waals surface area contributed by atoms with Crippen molar-refractivity contribution < 1.29 is 80.9 Å². The molecule has 0 bridgehead atoms. The van der Waals surface area contributed by atoms with Gasteiger partial charge >= 0.3 is 41.8 Å². The summed E-state index contributed by atoms with van der Waals surface area (Å²) in [7, 11) is 0. The van der Waals surface area contributed by atoms with Crippen LogP contribution < -0.4 is 0 Å². The van der Waals surface area contributed by atoms with Crippen LogP contribution in [0.15, 0.2) is 35.2 Å². The summed E-state index contributed by atoms with van der Waals surface area (Å²) >= 11 is 1.12. The van der Waals surface area contributed by atoms with Crippen molar-refractivity contribution in [2.24, 2.45) is 0 Å². The molecule has 1 aromatic rings. The van der Waals surface area contributed by atoms with Crippen molar-refractivity contribution in [3.63, 3.8) is 0 Å². The normalized spacial score (nSPS) is 29.0. The van der Waals surface area contributed by atoms with Gasteiger partial charge in [0, 0.05) is 53.4 Å². The predicted octanol–water partition coefficient (Wildman–Crippen LogP) is 1.40. The van der Waals surface area contributed by atoms with E-state index in [0.717, 1.165) is 60.2 Å². The molecule has 2 aliphatic heterocycles. The summed E-state index contributed by atoms with van der Waals surface area (Å²) in [5.41, 5.74) is -1.05. The molecule has 3 rings (SSSR count). The Labute approximate surface area is 291 Å². The number of rotatable bonds is 13. The first-order chi connectivity index (χ1) is 23.5. The highest BCUT2D eigenvalue weighted by Gasteiger charge is 2.57. The highest BCUT2D eigenvalue weighted by molar-refractivity contribution is 7.99. The lowest BCUT2D eigenvalue weighted by Gasteiger charge is -2.48. The maximum atomic E-state index is 12.5. The molecule has 0 N–H and O–H groups in total. The number of esters is 7. The van der Waals surface area contributed by atoms with E-state index in [1.165, 1.54) is 0 Å². The number of benzene rings is 1. The van der Waals surface area contributed by atoms with Gasteiger partial charge in [-0.15, -0.1) is 0 Å². The molecule has 6 unspecified atom stereocenters. The third kappa shape index (κ3) is 12.0. The quantitative estimate of drug-likeness (QED) is 0.207. The Kier molecular flexibility index (Phi) is 15.0. The SMILES string of the molecule is CC(=O)OCC1O[C@@H](Sc2ccccc2)C(OC(C)=O)C(OC(C)=O)[C@@H]1O[C@@H]1OC(COC(C)=O)[C@H](OC(C)=O)C(OC(C)=O)C1OC(C)=O. The fourth-order valence-electron chi connectivity index (χ4n) is 5.20. The number of thioether (sulfide) groups is 1. The van der Waals surface area contributed by atoms with E-state index in [1.807, 2.05) is 0 Å². The number of carbonyl (C=O) groups is 7. The lowest BCUT2D eigenvalue weighted by molar-refractivity contribution is -0.341. The first kappa shape index (κ1) is 40.2. The minimum atomic E-state index is -1.75. The van der Waals surface area contributed by atoms with Gasteiger partial charge in [-0.1, -0.05) is 30.0 Å². The molecule has 0 aromatic heterocycles.